The van der Waals surface area contributed by atoms with Crippen LogP contribution in [0.25, 0.3) is 0 Å². The molecule has 122 valence electrons. The highest BCUT2D eigenvalue weighted by molar-refractivity contribution is 5.76. The van der Waals surface area contributed by atoms with Gasteiger partial charge < -0.3 is 5.32 Å². The summed E-state index contributed by atoms with van der Waals surface area (Å²) in [6.07, 6.45) is -2.49. The quantitative estimate of drug-likeness (QED) is 0.842. The molecule has 21 heavy (non-hydrogen) atoms. The lowest BCUT2D eigenvalue weighted by atomic mass is 10.0. The number of amides is 1. The van der Waals surface area contributed by atoms with Gasteiger partial charge in [0, 0.05) is 38.1 Å². The van der Waals surface area contributed by atoms with Crippen molar-refractivity contribution in [2.24, 2.45) is 0 Å². The van der Waals surface area contributed by atoms with Crippen LogP contribution >= 0.6 is 0 Å². The third-order valence-corrected chi connectivity index (χ3v) is 4.50. The largest absolute Gasteiger partial charge is 0.405 e. The van der Waals surface area contributed by atoms with E-state index in [2.05, 4.69) is 24.1 Å². The molecule has 2 atom stereocenters. The maximum absolute atomic E-state index is 13.3. The fraction of sp³-hybridized carbons (Fsp3) is 0.929. The summed E-state index contributed by atoms with van der Waals surface area (Å²) >= 11 is 0. The van der Waals surface area contributed by atoms with E-state index in [0.717, 1.165) is 19.4 Å². The van der Waals surface area contributed by atoms with Crippen LogP contribution in [0.15, 0.2) is 0 Å². The molecular formula is C14H24F3N3O. The highest BCUT2D eigenvalue weighted by Crippen LogP contribution is 2.30. The standard InChI is InChI=1S/C14H24F3N3O/c1-10(2)19-6-3-4-11(9-19)20-7-5-13(21)18-8-12(20)14(15,16)17/h10-12H,3-9H2,1-2H3,(H,18,21). The molecule has 2 aliphatic heterocycles. The summed E-state index contributed by atoms with van der Waals surface area (Å²) in [5.74, 6) is -0.289. The highest BCUT2D eigenvalue weighted by atomic mass is 19.4. The molecule has 1 N–H and O–H groups in total. The SMILES string of the molecule is CC(C)N1CCCC(N2CCC(=O)NCC2C(F)(F)F)C1. The zero-order chi connectivity index (χ0) is 15.6. The van der Waals surface area contributed by atoms with E-state index in [1.54, 1.807) is 0 Å². The summed E-state index contributed by atoms with van der Waals surface area (Å²) in [4.78, 5) is 15.2. The second-order valence-corrected chi connectivity index (χ2v) is 6.23. The molecule has 0 radical (unpaired) electrons. The summed E-state index contributed by atoms with van der Waals surface area (Å²) in [5.41, 5.74) is 0. The van der Waals surface area contributed by atoms with Gasteiger partial charge in [0.1, 0.15) is 6.04 Å². The lowest BCUT2D eigenvalue weighted by Gasteiger charge is -2.43. The first kappa shape index (κ1) is 16.5. The number of carbonyl (C=O) groups is 1. The van der Waals surface area contributed by atoms with Crippen LogP contribution < -0.4 is 5.32 Å². The van der Waals surface area contributed by atoms with E-state index in [1.165, 1.54) is 4.90 Å². The fourth-order valence-electron chi connectivity index (χ4n) is 3.27. The number of alkyl halides is 3. The Morgan fingerprint density at radius 2 is 2.00 bits per heavy atom. The predicted octanol–water partition coefficient (Wildman–Crippen LogP) is 1.61. The molecule has 2 rings (SSSR count). The van der Waals surface area contributed by atoms with Crippen molar-refractivity contribution in [2.45, 2.75) is 57.4 Å². The van der Waals surface area contributed by atoms with Gasteiger partial charge >= 0.3 is 6.18 Å². The minimum Gasteiger partial charge on any atom is -0.354 e. The molecule has 2 aliphatic rings. The molecule has 2 unspecified atom stereocenters. The van der Waals surface area contributed by atoms with Crippen molar-refractivity contribution in [3.8, 4) is 0 Å². The van der Waals surface area contributed by atoms with Gasteiger partial charge in [-0.1, -0.05) is 0 Å². The maximum atomic E-state index is 13.3. The van der Waals surface area contributed by atoms with Crippen LogP contribution in [0.3, 0.4) is 0 Å². The molecule has 2 heterocycles. The van der Waals surface area contributed by atoms with Gasteiger partial charge in [0.15, 0.2) is 0 Å². The summed E-state index contributed by atoms with van der Waals surface area (Å²) in [7, 11) is 0. The first-order valence-electron chi connectivity index (χ1n) is 7.62. The molecule has 0 aromatic rings. The van der Waals surface area contributed by atoms with Crippen molar-refractivity contribution in [1.29, 1.82) is 0 Å². The number of halogens is 3. The van der Waals surface area contributed by atoms with Crippen LogP contribution in [0.2, 0.25) is 0 Å². The van der Waals surface area contributed by atoms with Gasteiger partial charge in [0.2, 0.25) is 5.91 Å². The summed E-state index contributed by atoms with van der Waals surface area (Å²) in [6, 6.07) is -1.36. The number of likely N-dealkylation sites (tertiary alicyclic amines) is 1. The number of rotatable bonds is 2. The number of carbonyl (C=O) groups excluding carboxylic acids is 1. The van der Waals surface area contributed by atoms with E-state index in [1.807, 2.05) is 0 Å². The van der Waals surface area contributed by atoms with Crippen molar-refractivity contribution in [3.05, 3.63) is 0 Å². The Hall–Kier alpha value is -0.820. The molecule has 0 aliphatic carbocycles. The van der Waals surface area contributed by atoms with E-state index in [4.69, 9.17) is 0 Å². The van der Waals surface area contributed by atoms with Gasteiger partial charge in [0.05, 0.1) is 0 Å². The average Bonchev–Trinajstić information content (AvgIpc) is 2.60. The van der Waals surface area contributed by atoms with Crippen molar-refractivity contribution >= 4 is 5.91 Å². The first-order chi connectivity index (χ1) is 9.79. The Bertz CT molecular complexity index is 373. The molecule has 0 saturated carbocycles. The van der Waals surface area contributed by atoms with Crippen LogP contribution in [0.5, 0.6) is 0 Å². The third kappa shape index (κ3) is 4.10. The smallest absolute Gasteiger partial charge is 0.354 e. The van der Waals surface area contributed by atoms with Gasteiger partial charge in [-0.25, -0.2) is 0 Å². The lowest BCUT2D eigenvalue weighted by molar-refractivity contribution is -0.189. The van der Waals surface area contributed by atoms with Gasteiger partial charge in [-0.15, -0.1) is 0 Å². The molecule has 4 nitrogen and oxygen atoms in total. The third-order valence-electron chi connectivity index (χ3n) is 4.50. The molecular weight excluding hydrogens is 283 g/mol. The van der Waals surface area contributed by atoms with Gasteiger partial charge in [-0.05, 0) is 33.2 Å². The van der Waals surface area contributed by atoms with Gasteiger partial charge in [0.25, 0.3) is 0 Å². The summed E-state index contributed by atoms with van der Waals surface area (Å²) in [6.45, 7) is 5.58. The second kappa shape index (κ2) is 6.52. The van der Waals surface area contributed by atoms with Crippen LogP contribution in [0.1, 0.15) is 33.1 Å². The normalized spacial score (nSPS) is 30.3. The van der Waals surface area contributed by atoms with Gasteiger partial charge in [-0.2, -0.15) is 13.2 Å². The average molecular weight is 307 g/mol. The number of nitrogens with one attached hydrogen (secondary N) is 1. The Labute approximate surface area is 123 Å². The van der Waals surface area contributed by atoms with E-state index in [0.29, 0.717) is 12.6 Å². The van der Waals surface area contributed by atoms with Crippen LogP contribution in [-0.2, 0) is 4.79 Å². The molecule has 2 saturated heterocycles. The molecule has 0 aromatic heterocycles. The molecule has 1 amide bonds. The van der Waals surface area contributed by atoms with Crippen LogP contribution in [0, 0.1) is 0 Å². The lowest BCUT2D eigenvalue weighted by Crippen LogP contribution is -2.58. The van der Waals surface area contributed by atoms with E-state index < -0.39 is 12.2 Å². The molecule has 2 fully saturated rings. The number of hydrogen-bond acceptors (Lipinski definition) is 3. The zero-order valence-corrected chi connectivity index (χ0v) is 12.6. The first-order valence-corrected chi connectivity index (χ1v) is 7.62. The minimum atomic E-state index is -4.31. The van der Waals surface area contributed by atoms with E-state index in [9.17, 15) is 18.0 Å². The fourth-order valence-corrected chi connectivity index (χ4v) is 3.27. The van der Waals surface area contributed by atoms with Crippen molar-refractivity contribution < 1.29 is 18.0 Å². The summed E-state index contributed by atoms with van der Waals surface area (Å²) < 4.78 is 39.9. The van der Waals surface area contributed by atoms with Crippen molar-refractivity contribution in [3.63, 3.8) is 0 Å². The Kier molecular flexibility index (Phi) is 5.14. The zero-order valence-electron chi connectivity index (χ0n) is 12.6. The van der Waals surface area contributed by atoms with Crippen molar-refractivity contribution in [2.75, 3.05) is 26.2 Å². The highest BCUT2D eigenvalue weighted by Gasteiger charge is 2.47. The Balaban J connectivity index is 2.14. The number of hydrogen-bond donors (Lipinski definition) is 1. The van der Waals surface area contributed by atoms with E-state index >= 15 is 0 Å². The van der Waals surface area contributed by atoms with Crippen LogP contribution in [-0.4, -0.2) is 66.2 Å². The number of piperidine rings is 1. The molecule has 7 heteroatoms. The number of nitrogens with zero attached hydrogens (tertiary/aromatic N) is 2. The molecule has 0 aromatic carbocycles. The summed E-state index contributed by atoms with van der Waals surface area (Å²) in [5, 5.41) is 2.39. The second-order valence-electron chi connectivity index (χ2n) is 6.23. The van der Waals surface area contributed by atoms with Crippen LogP contribution in [0.4, 0.5) is 13.2 Å². The topological polar surface area (TPSA) is 35.6 Å². The minimum absolute atomic E-state index is 0.125. The maximum Gasteiger partial charge on any atom is 0.405 e. The molecule has 0 bridgehead atoms. The predicted molar refractivity (Wildman–Crippen MR) is 73.9 cm³/mol. The van der Waals surface area contributed by atoms with Gasteiger partial charge in [-0.3, -0.25) is 14.6 Å². The van der Waals surface area contributed by atoms with E-state index in [-0.39, 0.29) is 31.5 Å². The Morgan fingerprint density at radius 3 is 2.62 bits per heavy atom. The monoisotopic (exact) mass is 307 g/mol. The molecule has 0 spiro atoms. The Morgan fingerprint density at radius 1 is 1.29 bits per heavy atom. The van der Waals surface area contributed by atoms with Crippen molar-refractivity contribution in [1.82, 2.24) is 15.1 Å².